The zero-order valence-electron chi connectivity index (χ0n) is 15.8. The lowest BCUT2D eigenvalue weighted by Crippen LogP contribution is -2.51. The van der Waals surface area contributed by atoms with Crippen LogP contribution in [0.2, 0.25) is 5.02 Å². The summed E-state index contributed by atoms with van der Waals surface area (Å²) in [6, 6.07) is 7.88. The molecule has 29 heavy (non-hydrogen) atoms. The Balaban J connectivity index is 1.64. The average Bonchev–Trinajstić information content (AvgIpc) is 3.07. The molecule has 0 aliphatic carbocycles. The van der Waals surface area contributed by atoms with Crippen molar-refractivity contribution in [2.75, 3.05) is 38.6 Å². The number of anilines is 1. The van der Waals surface area contributed by atoms with E-state index >= 15 is 0 Å². The first kappa shape index (κ1) is 22.0. The molecule has 0 spiro atoms. The molecule has 1 saturated heterocycles. The number of nitrogens with one attached hydrogen (secondary N) is 1. The number of benzene rings is 1. The van der Waals surface area contributed by atoms with Crippen molar-refractivity contribution in [3.05, 3.63) is 45.8 Å². The van der Waals surface area contributed by atoms with Crippen molar-refractivity contribution in [2.45, 2.75) is 11.8 Å². The lowest BCUT2D eigenvalue weighted by atomic mass is 10.3. The minimum Gasteiger partial charge on any atom is -0.465 e. The van der Waals surface area contributed by atoms with Crippen molar-refractivity contribution in [2.24, 2.45) is 0 Å². The highest BCUT2D eigenvalue weighted by Gasteiger charge is 2.29. The second-order valence-electron chi connectivity index (χ2n) is 6.37. The molecule has 1 fully saturated rings. The minimum atomic E-state index is -3.58. The summed E-state index contributed by atoms with van der Waals surface area (Å²) in [6.07, 6.45) is 0. The maximum atomic E-state index is 12.8. The molecule has 0 saturated carbocycles. The molecule has 1 aromatic carbocycles. The van der Waals surface area contributed by atoms with Gasteiger partial charge in [-0.25, -0.2) is 13.2 Å². The van der Waals surface area contributed by atoms with Gasteiger partial charge in [-0.05, 0) is 49.5 Å². The van der Waals surface area contributed by atoms with E-state index in [1.54, 1.807) is 18.2 Å². The van der Waals surface area contributed by atoms with Gasteiger partial charge in [-0.1, -0.05) is 11.6 Å². The van der Waals surface area contributed by atoms with Gasteiger partial charge in [0.2, 0.25) is 10.0 Å². The van der Waals surface area contributed by atoms with Crippen LogP contribution >= 0.6 is 35.2 Å². The number of piperazine rings is 1. The molecule has 2 heterocycles. The standard InChI is InChI=1S/C18H20ClN3O4S3/c1-12-11-15(17(23)26-2)16(28-12)20-18(27)21-7-9-22(10-8-21)29(24,25)14-5-3-13(19)4-6-14/h3-6,11H,7-10H2,1-2H3,(H,20,27). The maximum absolute atomic E-state index is 12.8. The van der Waals surface area contributed by atoms with Gasteiger partial charge >= 0.3 is 5.97 Å². The first-order valence-electron chi connectivity index (χ1n) is 8.73. The lowest BCUT2D eigenvalue weighted by Gasteiger charge is -2.35. The van der Waals surface area contributed by atoms with Gasteiger partial charge in [-0.2, -0.15) is 4.31 Å². The van der Waals surface area contributed by atoms with E-state index in [2.05, 4.69) is 5.32 Å². The Morgan fingerprint density at radius 2 is 1.83 bits per heavy atom. The zero-order chi connectivity index (χ0) is 21.2. The highest BCUT2D eigenvalue weighted by molar-refractivity contribution is 7.89. The number of carbonyl (C=O) groups is 1. The van der Waals surface area contributed by atoms with Gasteiger partial charge in [0.1, 0.15) is 5.00 Å². The summed E-state index contributed by atoms with van der Waals surface area (Å²) >= 11 is 12.7. The zero-order valence-corrected chi connectivity index (χ0v) is 19.1. The third-order valence-electron chi connectivity index (χ3n) is 4.46. The summed E-state index contributed by atoms with van der Waals surface area (Å²) < 4.78 is 31.8. The molecule has 1 aliphatic heterocycles. The van der Waals surface area contributed by atoms with Gasteiger partial charge in [0.05, 0.1) is 17.6 Å². The van der Waals surface area contributed by atoms with Crippen LogP contribution in [-0.4, -0.2) is 62.0 Å². The first-order chi connectivity index (χ1) is 13.7. The molecule has 0 radical (unpaired) electrons. The van der Waals surface area contributed by atoms with Crippen molar-refractivity contribution >= 4 is 61.3 Å². The number of sulfonamides is 1. The summed E-state index contributed by atoms with van der Waals surface area (Å²) in [6.45, 7) is 3.39. The third kappa shape index (κ3) is 4.89. The van der Waals surface area contributed by atoms with E-state index in [-0.39, 0.29) is 4.90 Å². The molecule has 2 aromatic rings. The number of methoxy groups -OCH3 is 1. The van der Waals surface area contributed by atoms with Gasteiger partial charge in [0.25, 0.3) is 0 Å². The van der Waals surface area contributed by atoms with E-state index in [1.807, 2.05) is 11.8 Å². The van der Waals surface area contributed by atoms with Crippen LogP contribution in [0.4, 0.5) is 5.00 Å². The number of thiocarbonyl (C=S) groups is 1. The Morgan fingerprint density at radius 1 is 1.21 bits per heavy atom. The monoisotopic (exact) mass is 473 g/mol. The van der Waals surface area contributed by atoms with Crippen LogP contribution in [0.1, 0.15) is 15.2 Å². The second kappa shape index (κ2) is 8.97. The van der Waals surface area contributed by atoms with Gasteiger partial charge in [-0.15, -0.1) is 11.3 Å². The van der Waals surface area contributed by atoms with Crippen molar-refractivity contribution in [1.82, 2.24) is 9.21 Å². The van der Waals surface area contributed by atoms with Crippen LogP contribution in [0.15, 0.2) is 35.2 Å². The van der Waals surface area contributed by atoms with Gasteiger partial charge < -0.3 is 15.0 Å². The van der Waals surface area contributed by atoms with E-state index in [0.717, 1.165) is 4.88 Å². The third-order valence-corrected chi connectivity index (χ3v) is 7.95. The number of nitrogens with zero attached hydrogens (tertiary/aromatic N) is 2. The number of aryl methyl sites for hydroxylation is 1. The van der Waals surface area contributed by atoms with Crippen LogP contribution in [0, 0.1) is 6.92 Å². The molecule has 0 unspecified atom stereocenters. The molecule has 11 heteroatoms. The Bertz CT molecular complexity index is 1010. The molecule has 0 bridgehead atoms. The number of hydrogen-bond donors (Lipinski definition) is 1. The number of carbonyl (C=O) groups excluding carboxylic acids is 1. The predicted octanol–water partition coefficient (Wildman–Crippen LogP) is 3.20. The SMILES string of the molecule is COC(=O)c1cc(C)sc1NC(=S)N1CCN(S(=O)(=O)c2ccc(Cl)cc2)CC1. The molecule has 0 amide bonds. The Morgan fingerprint density at radius 3 is 2.41 bits per heavy atom. The largest absolute Gasteiger partial charge is 0.465 e. The van der Waals surface area contributed by atoms with E-state index < -0.39 is 16.0 Å². The number of ether oxygens (including phenoxy) is 1. The molecule has 0 atom stereocenters. The van der Waals surface area contributed by atoms with Crippen molar-refractivity contribution < 1.29 is 17.9 Å². The second-order valence-corrected chi connectivity index (χ2v) is 10.4. The van der Waals surface area contributed by atoms with Gasteiger partial charge in [0.15, 0.2) is 5.11 Å². The number of hydrogen-bond acceptors (Lipinski definition) is 6. The molecular weight excluding hydrogens is 454 g/mol. The summed E-state index contributed by atoms with van der Waals surface area (Å²) in [5.41, 5.74) is 0.432. The predicted molar refractivity (Wildman–Crippen MR) is 118 cm³/mol. The molecule has 7 nitrogen and oxygen atoms in total. The summed E-state index contributed by atoms with van der Waals surface area (Å²) in [5.74, 6) is -0.432. The quantitative estimate of drug-likeness (QED) is 0.539. The Labute approximate surface area is 184 Å². The smallest absolute Gasteiger partial charge is 0.340 e. The van der Waals surface area contributed by atoms with E-state index in [0.29, 0.717) is 46.9 Å². The normalized spacial score (nSPS) is 15.2. The first-order valence-corrected chi connectivity index (χ1v) is 11.8. The van der Waals surface area contributed by atoms with Gasteiger partial charge in [0, 0.05) is 36.1 Å². The van der Waals surface area contributed by atoms with E-state index in [4.69, 9.17) is 28.6 Å². The fourth-order valence-corrected chi connectivity index (χ4v) is 5.73. The molecular formula is C18H20ClN3O4S3. The molecule has 1 N–H and O–H groups in total. The summed E-state index contributed by atoms with van der Waals surface area (Å²) in [5, 5.41) is 4.65. The van der Waals surface area contributed by atoms with E-state index in [1.165, 1.54) is 34.9 Å². The van der Waals surface area contributed by atoms with Crippen LogP contribution in [0.25, 0.3) is 0 Å². The molecule has 1 aromatic heterocycles. The number of rotatable bonds is 4. The number of thiophene rings is 1. The Kier molecular flexibility index (Phi) is 6.79. The Hall–Kier alpha value is -1.72. The van der Waals surface area contributed by atoms with Crippen LogP contribution in [-0.2, 0) is 14.8 Å². The fourth-order valence-electron chi connectivity index (χ4n) is 2.93. The van der Waals surface area contributed by atoms with Gasteiger partial charge in [-0.3, -0.25) is 0 Å². The molecule has 1 aliphatic rings. The fraction of sp³-hybridized carbons (Fsp3) is 0.333. The minimum absolute atomic E-state index is 0.216. The molecule has 3 rings (SSSR count). The van der Waals surface area contributed by atoms with Crippen molar-refractivity contribution in [3.63, 3.8) is 0 Å². The van der Waals surface area contributed by atoms with Crippen LogP contribution < -0.4 is 5.32 Å². The highest BCUT2D eigenvalue weighted by atomic mass is 35.5. The lowest BCUT2D eigenvalue weighted by molar-refractivity contribution is 0.0602. The topological polar surface area (TPSA) is 79.0 Å². The number of halogens is 1. The van der Waals surface area contributed by atoms with Crippen molar-refractivity contribution in [1.29, 1.82) is 0 Å². The van der Waals surface area contributed by atoms with Crippen molar-refractivity contribution in [3.8, 4) is 0 Å². The highest BCUT2D eigenvalue weighted by Crippen LogP contribution is 2.29. The average molecular weight is 474 g/mol. The molecule has 156 valence electrons. The van der Waals surface area contributed by atoms with Crippen LogP contribution in [0.5, 0.6) is 0 Å². The van der Waals surface area contributed by atoms with E-state index in [9.17, 15) is 13.2 Å². The summed E-state index contributed by atoms with van der Waals surface area (Å²) in [4.78, 5) is 15.0. The maximum Gasteiger partial charge on any atom is 0.340 e. The van der Waals surface area contributed by atoms with Crippen LogP contribution in [0.3, 0.4) is 0 Å². The summed E-state index contributed by atoms with van der Waals surface area (Å²) in [7, 11) is -2.25. The number of esters is 1.